The summed E-state index contributed by atoms with van der Waals surface area (Å²) in [5, 5.41) is 5.95. The standard InChI is InChI=1S/C12H24N4O/c1-9(2)7-14-11(17)8-15-12(13)16-10-5-3-4-6-10/h9-10H,3-8H2,1-2H3,(H,14,17)(H3,13,15,16). The SMILES string of the molecule is CC(C)CNC(=O)CN=C(N)NC1CCCC1. The van der Waals surface area contributed by atoms with Gasteiger partial charge in [0.05, 0.1) is 0 Å². The molecule has 0 atom stereocenters. The van der Waals surface area contributed by atoms with Gasteiger partial charge in [-0.2, -0.15) is 0 Å². The number of hydrogen-bond acceptors (Lipinski definition) is 2. The van der Waals surface area contributed by atoms with E-state index in [2.05, 4.69) is 29.5 Å². The van der Waals surface area contributed by atoms with Crippen molar-refractivity contribution in [2.45, 2.75) is 45.6 Å². The van der Waals surface area contributed by atoms with Gasteiger partial charge in [-0.3, -0.25) is 4.79 Å². The molecule has 4 N–H and O–H groups in total. The van der Waals surface area contributed by atoms with E-state index in [1.807, 2.05) is 0 Å². The summed E-state index contributed by atoms with van der Waals surface area (Å²) in [5.41, 5.74) is 5.72. The molecule has 1 fully saturated rings. The van der Waals surface area contributed by atoms with Gasteiger partial charge in [-0.05, 0) is 18.8 Å². The van der Waals surface area contributed by atoms with Crippen LogP contribution in [0.25, 0.3) is 0 Å². The maximum atomic E-state index is 11.4. The lowest BCUT2D eigenvalue weighted by Gasteiger charge is -2.12. The van der Waals surface area contributed by atoms with Crippen LogP contribution in [0.3, 0.4) is 0 Å². The van der Waals surface area contributed by atoms with Crippen LogP contribution in [0.15, 0.2) is 4.99 Å². The highest BCUT2D eigenvalue weighted by atomic mass is 16.1. The van der Waals surface area contributed by atoms with Crippen LogP contribution in [0, 0.1) is 5.92 Å². The topological polar surface area (TPSA) is 79.5 Å². The predicted molar refractivity (Wildman–Crippen MR) is 69.7 cm³/mol. The first-order valence-electron chi connectivity index (χ1n) is 6.41. The number of rotatable bonds is 5. The van der Waals surface area contributed by atoms with Crippen molar-refractivity contribution in [2.24, 2.45) is 16.6 Å². The normalized spacial score (nSPS) is 17.5. The molecule has 1 aliphatic rings. The number of aliphatic imine (C=N–C) groups is 1. The fourth-order valence-corrected chi connectivity index (χ4v) is 1.86. The van der Waals surface area contributed by atoms with Gasteiger partial charge in [0.15, 0.2) is 5.96 Å². The zero-order chi connectivity index (χ0) is 12.7. The third kappa shape index (κ3) is 6.14. The Balaban J connectivity index is 2.19. The summed E-state index contributed by atoms with van der Waals surface area (Å²) in [6.45, 7) is 4.90. The van der Waals surface area contributed by atoms with Gasteiger partial charge >= 0.3 is 0 Å². The van der Waals surface area contributed by atoms with Gasteiger partial charge in [-0.15, -0.1) is 0 Å². The molecule has 0 aromatic heterocycles. The van der Waals surface area contributed by atoms with Crippen LogP contribution in [0.1, 0.15) is 39.5 Å². The number of nitrogens with one attached hydrogen (secondary N) is 2. The molecule has 0 aromatic rings. The molecular weight excluding hydrogens is 216 g/mol. The van der Waals surface area contributed by atoms with Gasteiger partial charge in [0.1, 0.15) is 6.54 Å². The highest BCUT2D eigenvalue weighted by Crippen LogP contribution is 2.17. The van der Waals surface area contributed by atoms with Crippen molar-refractivity contribution in [3.63, 3.8) is 0 Å². The number of hydrogen-bond donors (Lipinski definition) is 3. The van der Waals surface area contributed by atoms with Crippen LogP contribution in [0.4, 0.5) is 0 Å². The third-order valence-electron chi connectivity index (χ3n) is 2.81. The second kappa shape index (κ2) is 7.14. The summed E-state index contributed by atoms with van der Waals surface area (Å²) >= 11 is 0. The van der Waals surface area contributed by atoms with Crippen LogP contribution in [-0.4, -0.2) is 31.0 Å². The van der Waals surface area contributed by atoms with Gasteiger partial charge < -0.3 is 16.4 Å². The lowest BCUT2D eigenvalue weighted by atomic mass is 10.2. The molecule has 0 aromatic carbocycles. The zero-order valence-corrected chi connectivity index (χ0v) is 10.8. The average molecular weight is 240 g/mol. The van der Waals surface area contributed by atoms with E-state index >= 15 is 0 Å². The molecule has 1 saturated carbocycles. The second-order valence-electron chi connectivity index (χ2n) is 5.03. The van der Waals surface area contributed by atoms with E-state index in [0.717, 1.165) is 12.8 Å². The van der Waals surface area contributed by atoms with Crippen molar-refractivity contribution in [3.8, 4) is 0 Å². The largest absolute Gasteiger partial charge is 0.370 e. The lowest BCUT2D eigenvalue weighted by Crippen LogP contribution is -2.39. The molecule has 17 heavy (non-hydrogen) atoms. The maximum Gasteiger partial charge on any atom is 0.241 e. The average Bonchev–Trinajstić information content (AvgIpc) is 2.76. The van der Waals surface area contributed by atoms with Gasteiger partial charge in [-0.1, -0.05) is 26.7 Å². The lowest BCUT2D eigenvalue weighted by molar-refractivity contribution is -0.119. The Labute approximate surface area is 103 Å². The number of guanidine groups is 1. The molecule has 1 rings (SSSR count). The van der Waals surface area contributed by atoms with Crippen LogP contribution in [0.2, 0.25) is 0 Å². The molecule has 5 heteroatoms. The Morgan fingerprint density at radius 2 is 2.06 bits per heavy atom. The van der Waals surface area contributed by atoms with Crippen molar-refractivity contribution in [1.29, 1.82) is 0 Å². The van der Waals surface area contributed by atoms with E-state index in [-0.39, 0.29) is 12.5 Å². The van der Waals surface area contributed by atoms with Gasteiger partial charge in [-0.25, -0.2) is 4.99 Å². The first-order chi connectivity index (χ1) is 8.08. The fourth-order valence-electron chi connectivity index (χ4n) is 1.86. The number of amides is 1. The summed E-state index contributed by atoms with van der Waals surface area (Å²) in [4.78, 5) is 15.4. The molecule has 0 bridgehead atoms. The van der Waals surface area contributed by atoms with Crippen molar-refractivity contribution in [1.82, 2.24) is 10.6 Å². The Kier molecular flexibility index (Phi) is 5.80. The molecule has 5 nitrogen and oxygen atoms in total. The number of carbonyl (C=O) groups excluding carboxylic acids is 1. The monoisotopic (exact) mass is 240 g/mol. The summed E-state index contributed by atoms with van der Waals surface area (Å²) in [5.74, 6) is 0.767. The number of carbonyl (C=O) groups is 1. The molecule has 0 saturated heterocycles. The smallest absolute Gasteiger partial charge is 0.241 e. The van der Waals surface area contributed by atoms with Gasteiger partial charge in [0.2, 0.25) is 5.91 Å². The summed E-state index contributed by atoms with van der Waals surface area (Å²) < 4.78 is 0. The van der Waals surface area contributed by atoms with Crippen LogP contribution in [-0.2, 0) is 4.79 Å². The molecular formula is C12H24N4O. The second-order valence-corrected chi connectivity index (χ2v) is 5.03. The quantitative estimate of drug-likeness (QED) is 0.486. The Bertz CT molecular complexity index is 270. The molecule has 0 aliphatic heterocycles. The first kappa shape index (κ1) is 13.8. The van der Waals surface area contributed by atoms with Crippen molar-refractivity contribution in [3.05, 3.63) is 0 Å². The Morgan fingerprint density at radius 1 is 1.41 bits per heavy atom. The van der Waals surface area contributed by atoms with E-state index in [9.17, 15) is 4.79 Å². The predicted octanol–water partition coefficient (Wildman–Crippen LogP) is 0.606. The van der Waals surface area contributed by atoms with Crippen molar-refractivity contribution in [2.75, 3.05) is 13.1 Å². The van der Waals surface area contributed by atoms with E-state index in [0.29, 0.717) is 24.5 Å². The number of nitrogens with zero attached hydrogens (tertiary/aromatic N) is 1. The third-order valence-corrected chi connectivity index (χ3v) is 2.81. The minimum atomic E-state index is -0.0742. The molecule has 0 radical (unpaired) electrons. The minimum absolute atomic E-state index is 0.0742. The first-order valence-corrected chi connectivity index (χ1v) is 6.41. The Morgan fingerprint density at radius 3 is 2.65 bits per heavy atom. The van der Waals surface area contributed by atoms with Crippen molar-refractivity contribution < 1.29 is 4.79 Å². The highest BCUT2D eigenvalue weighted by Gasteiger charge is 2.14. The molecule has 0 unspecified atom stereocenters. The van der Waals surface area contributed by atoms with E-state index in [4.69, 9.17) is 5.73 Å². The van der Waals surface area contributed by atoms with Crippen LogP contribution in [0.5, 0.6) is 0 Å². The van der Waals surface area contributed by atoms with Gasteiger partial charge in [0.25, 0.3) is 0 Å². The molecule has 0 heterocycles. The van der Waals surface area contributed by atoms with E-state index in [1.165, 1.54) is 12.8 Å². The number of nitrogens with two attached hydrogens (primary N) is 1. The van der Waals surface area contributed by atoms with Gasteiger partial charge in [0, 0.05) is 12.6 Å². The zero-order valence-electron chi connectivity index (χ0n) is 10.8. The highest BCUT2D eigenvalue weighted by molar-refractivity contribution is 5.84. The van der Waals surface area contributed by atoms with Crippen LogP contribution >= 0.6 is 0 Å². The molecule has 0 spiro atoms. The van der Waals surface area contributed by atoms with E-state index in [1.54, 1.807) is 0 Å². The summed E-state index contributed by atoms with van der Waals surface area (Å²) in [6, 6.07) is 0.442. The molecule has 1 amide bonds. The Hall–Kier alpha value is -1.26. The fraction of sp³-hybridized carbons (Fsp3) is 0.833. The maximum absolute atomic E-state index is 11.4. The van der Waals surface area contributed by atoms with Crippen molar-refractivity contribution >= 4 is 11.9 Å². The summed E-state index contributed by atoms with van der Waals surface area (Å²) in [6.07, 6.45) is 4.80. The van der Waals surface area contributed by atoms with E-state index < -0.39 is 0 Å². The minimum Gasteiger partial charge on any atom is -0.370 e. The molecule has 1 aliphatic carbocycles. The van der Waals surface area contributed by atoms with Crippen LogP contribution < -0.4 is 16.4 Å². The molecule has 98 valence electrons. The summed E-state index contributed by atoms with van der Waals surface area (Å²) in [7, 11) is 0.